The number of hydrogen-bond acceptors (Lipinski definition) is 1. The SMILES string of the molecule is Cc1cccc(C(CN)Cc2ccc(C)cc2Cl)c1. The molecule has 0 bridgehead atoms. The Morgan fingerprint density at radius 1 is 1.05 bits per heavy atom. The third-order valence-electron chi connectivity index (χ3n) is 3.47. The monoisotopic (exact) mass is 273 g/mol. The number of rotatable bonds is 4. The van der Waals surface area contributed by atoms with E-state index in [1.54, 1.807) is 0 Å². The van der Waals surface area contributed by atoms with Gasteiger partial charge >= 0.3 is 0 Å². The van der Waals surface area contributed by atoms with Gasteiger partial charge in [-0.05, 0) is 49.6 Å². The van der Waals surface area contributed by atoms with Crippen LogP contribution in [0.4, 0.5) is 0 Å². The molecule has 0 aromatic heterocycles. The lowest BCUT2D eigenvalue weighted by molar-refractivity contribution is 0.694. The molecule has 0 aliphatic rings. The van der Waals surface area contributed by atoms with Gasteiger partial charge in [0.25, 0.3) is 0 Å². The molecule has 1 nitrogen and oxygen atoms in total. The minimum atomic E-state index is 0.320. The van der Waals surface area contributed by atoms with Crippen LogP contribution in [0.15, 0.2) is 42.5 Å². The van der Waals surface area contributed by atoms with Crippen molar-refractivity contribution >= 4 is 11.6 Å². The molecule has 100 valence electrons. The fourth-order valence-corrected chi connectivity index (χ4v) is 2.66. The highest BCUT2D eigenvalue weighted by Crippen LogP contribution is 2.26. The summed E-state index contributed by atoms with van der Waals surface area (Å²) < 4.78 is 0. The normalized spacial score (nSPS) is 12.4. The average molecular weight is 274 g/mol. The van der Waals surface area contributed by atoms with Gasteiger partial charge in [-0.25, -0.2) is 0 Å². The highest BCUT2D eigenvalue weighted by atomic mass is 35.5. The van der Waals surface area contributed by atoms with E-state index in [0.29, 0.717) is 12.5 Å². The predicted octanol–water partition coefficient (Wildman–Crippen LogP) is 4.24. The molecule has 2 rings (SSSR count). The average Bonchev–Trinajstić information content (AvgIpc) is 2.38. The van der Waals surface area contributed by atoms with Gasteiger partial charge in [0.15, 0.2) is 0 Å². The van der Waals surface area contributed by atoms with Gasteiger partial charge in [-0.15, -0.1) is 0 Å². The number of halogens is 1. The van der Waals surface area contributed by atoms with Crippen LogP contribution in [0.5, 0.6) is 0 Å². The molecule has 0 aliphatic carbocycles. The van der Waals surface area contributed by atoms with Gasteiger partial charge in [0.05, 0.1) is 0 Å². The summed E-state index contributed by atoms with van der Waals surface area (Å²) in [7, 11) is 0. The molecule has 19 heavy (non-hydrogen) atoms. The van der Waals surface area contributed by atoms with E-state index < -0.39 is 0 Å². The zero-order valence-electron chi connectivity index (χ0n) is 11.5. The van der Waals surface area contributed by atoms with Crippen LogP contribution in [-0.2, 0) is 6.42 Å². The minimum Gasteiger partial charge on any atom is -0.330 e. The molecule has 0 aliphatic heterocycles. The van der Waals surface area contributed by atoms with Crippen molar-refractivity contribution < 1.29 is 0 Å². The zero-order chi connectivity index (χ0) is 13.8. The molecule has 2 N–H and O–H groups in total. The van der Waals surface area contributed by atoms with Gasteiger partial charge in [-0.2, -0.15) is 0 Å². The Hall–Kier alpha value is -1.31. The van der Waals surface area contributed by atoms with Crippen molar-refractivity contribution in [3.8, 4) is 0 Å². The number of hydrogen-bond donors (Lipinski definition) is 1. The molecular formula is C17H20ClN. The van der Waals surface area contributed by atoms with Crippen LogP contribution in [0.2, 0.25) is 5.02 Å². The Bertz CT molecular complexity index is 563. The summed E-state index contributed by atoms with van der Waals surface area (Å²) in [4.78, 5) is 0. The van der Waals surface area contributed by atoms with E-state index in [4.69, 9.17) is 17.3 Å². The smallest absolute Gasteiger partial charge is 0.0440 e. The Balaban J connectivity index is 2.24. The lowest BCUT2D eigenvalue weighted by Gasteiger charge is -2.17. The molecule has 0 saturated heterocycles. The summed E-state index contributed by atoms with van der Waals surface area (Å²) in [6.07, 6.45) is 0.888. The first-order chi connectivity index (χ1) is 9.10. The minimum absolute atomic E-state index is 0.320. The Morgan fingerprint density at radius 3 is 2.42 bits per heavy atom. The van der Waals surface area contributed by atoms with Crippen molar-refractivity contribution in [2.45, 2.75) is 26.2 Å². The molecule has 0 heterocycles. The molecule has 0 saturated carbocycles. The zero-order valence-corrected chi connectivity index (χ0v) is 12.2. The van der Waals surface area contributed by atoms with Crippen molar-refractivity contribution in [2.24, 2.45) is 5.73 Å². The van der Waals surface area contributed by atoms with E-state index >= 15 is 0 Å². The topological polar surface area (TPSA) is 26.0 Å². The van der Waals surface area contributed by atoms with E-state index in [1.165, 1.54) is 22.3 Å². The molecule has 2 heteroatoms. The van der Waals surface area contributed by atoms with Gasteiger partial charge in [-0.3, -0.25) is 0 Å². The lowest BCUT2D eigenvalue weighted by atomic mass is 9.91. The molecular weight excluding hydrogens is 254 g/mol. The van der Waals surface area contributed by atoms with Crippen LogP contribution in [0.3, 0.4) is 0 Å². The lowest BCUT2D eigenvalue weighted by Crippen LogP contribution is -2.15. The molecule has 1 atom stereocenters. The molecule has 2 aromatic rings. The maximum atomic E-state index is 6.31. The molecule has 2 aromatic carbocycles. The van der Waals surface area contributed by atoms with Crippen LogP contribution in [0, 0.1) is 13.8 Å². The molecule has 0 radical (unpaired) electrons. The molecule has 0 amide bonds. The van der Waals surface area contributed by atoms with Crippen LogP contribution >= 0.6 is 11.6 Å². The highest BCUT2D eigenvalue weighted by Gasteiger charge is 2.12. The van der Waals surface area contributed by atoms with Crippen molar-refractivity contribution in [3.05, 3.63) is 69.7 Å². The van der Waals surface area contributed by atoms with E-state index in [0.717, 1.165) is 11.4 Å². The van der Waals surface area contributed by atoms with E-state index in [-0.39, 0.29) is 0 Å². The Labute approximate surface area is 120 Å². The van der Waals surface area contributed by atoms with Crippen LogP contribution < -0.4 is 5.73 Å². The summed E-state index contributed by atoms with van der Waals surface area (Å²) in [5.74, 6) is 0.320. The van der Waals surface area contributed by atoms with Crippen molar-refractivity contribution in [1.29, 1.82) is 0 Å². The highest BCUT2D eigenvalue weighted by molar-refractivity contribution is 6.31. The second-order valence-electron chi connectivity index (χ2n) is 5.15. The number of benzene rings is 2. The van der Waals surface area contributed by atoms with Gasteiger partial charge < -0.3 is 5.73 Å². The van der Waals surface area contributed by atoms with E-state index in [9.17, 15) is 0 Å². The van der Waals surface area contributed by atoms with Gasteiger partial charge in [0.1, 0.15) is 0 Å². The molecule has 1 unspecified atom stereocenters. The van der Waals surface area contributed by atoms with Gasteiger partial charge in [-0.1, -0.05) is 53.6 Å². The summed E-state index contributed by atoms with van der Waals surface area (Å²) in [6.45, 7) is 4.79. The summed E-state index contributed by atoms with van der Waals surface area (Å²) in [5, 5.41) is 0.839. The van der Waals surface area contributed by atoms with Crippen LogP contribution in [-0.4, -0.2) is 6.54 Å². The maximum absolute atomic E-state index is 6.31. The van der Waals surface area contributed by atoms with E-state index in [1.807, 2.05) is 6.07 Å². The fraction of sp³-hybridized carbons (Fsp3) is 0.294. The standard InChI is InChI=1S/C17H20ClN/c1-12-4-3-5-14(8-12)16(11-19)10-15-7-6-13(2)9-17(15)18/h3-9,16H,10-11,19H2,1-2H3. The fourth-order valence-electron chi connectivity index (χ4n) is 2.34. The van der Waals surface area contributed by atoms with Crippen molar-refractivity contribution in [1.82, 2.24) is 0 Å². The van der Waals surface area contributed by atoms with Gasteiger partial charge in [0.2, 0.25) is 0 Å². The number of nitrogens with two attached hydrogens (primary N) is 1. The van der Waals surface area contributed by atoms with Crippen LogP contribution in [0.1, 0.15) is 28.2 Å². The summed E-state index contributed by atoms with van der Waals surface area (Å²) in [6, 6.07) is 14.8. The first kappa shape index (κ1) is 14.1. The first-order valence-electron chi connectivity index (χ1n) is 6.62. The van der Waals surface area contributed by atoms with Crippen molar-refractivity contribution in [2.75, 3.05) is 6.54 Å². The largest absolute Gasteiger partial charge is 0.330 e. The second kappa shape index (κ2) is 6.23. The predicted molar refractivity (Wildman–Crippen MR) is 82.9 cm³/mol. The maximum Gasteiger partial charge on any atom is 0.0440 e. The Morgan fingerprint density at radius 2 is 1.79 bits per heavy atom. The molecule has 0 fully saturated rings. The van der Waals surface area contributed by atoms with Crippen molar-refractivity contribution in [3.63, 3.8) is 0 Å². The third kappa shape index (κ3) is 3.59. The summed E-state index contributed by atoms with van der Waals surface area (Å²) in [5.41, 5.74) is 10.9. The summed E-state index contributed by atoms with van der Waals surface area (Å²) >= 11 is 6.31. The quantitative estimate of drug-likeness (QED) is 0.886. The third-order valence-corrected chi connectivity index (χ3v) is 3.82. The Kier molecular flexibility index (Phi) is 4.62. The first-order valence-corrected chi connectivity index (χ1v) is 6.99. The second-order valence-corrected chi connectivity index (χ2v) is 5.55. The number of aryl methyl sites for hydroxylation is 2. The molecule has 0 spiro atoms. The van der Waals surface area contributed by atoms with Gasteiger partial charge in [0, 0.05) is 10.9 Å². The van der Waals surface area contributed by atoms with Crippen LogP contribution in [0.25, 0.3) is 0 Å². The van der Waals surface area contributed by atoms with E-state index in [2.05, 4.69) is 50.2 Å².